The maximum atomic E-state index is 13.1. The molecule has 2 fully saturated rings. The number of allylic oxidation sites excluding steroid dienone is 11. The molecular weight excluding hydrogens is 871 g/mol. The Kier molecular flexibility index (Phi) is 36.3. The van der Waals surface area contributed by atoms with E-state index in [4.69, 9.17) is 18.9 Å². The van der Waals surface area contributed by atoms with Gasteiger partial charge in [0.05, 0.1) is 32.0 Å². The van der Waals surface area contributed by atoms with Crippen molar-refractivity contribution in [3.63, 3.8) is 0 Å². The van der Waals surface area contributed by atoms with Gasteiger partial charge in [-0.3, -0.25) is 4.79 Å². The second-order valence-electron chi connectivity index (χ2n) is 18.3. The van der Waals surface area contributed by atoms with Crippen LogP contribution in [0.15, 0.2) is 72.9 Å². The fourth-order valence-electron chi connectivity index (χ4n) is 8.16. The highest BCUT2D eigenvalue weighted by Gasteiger charge is 2.51. The summed E-state index contributed by atoms with van der Waals surface area (Å²) in [6.45, 7) is 2.49. The van der Waals surface area contributed by atoms with Gasteiger partial charge in [0, 0.05) is 6.42 Å². The summed E-state index contributed by atoms with van der Waals surface area (Å²) in [5.74, 6) is -0.265. The van der Waals surface area contributed by atoms with Crippen LogP contribution in [-0.4, -0.2) is 140 Å². The van der Waals surface area contributed by atoms with Gasteiger partial charge in [0.25, 0.3) is 0 Å². The molecule has 14 nitrogen and oxygen atoms in total. The Hall–Kier alpha value is -2.57. The lowest BCUT2D eigenvalue weighted by Gasteiger charge is -2.46. The fraction of sp³-hybridized carbons (Fsp3) is 0.759. The SMILES string of the molecule is C/C=C/CC/C=C/CC/C=C/C(O)C(COC1OC(CO)C(OC2OC(CO)C(O)C(O)C2O)C(O)C1O)NC(=O)CCCCCCCCCCCC/C=C\C/C=C\C/C=C\CCCCCCC. The molecule has 0 saturated carbocycles. The molecule has 0 aliphatic carbocycles. The van der Waals surface area contributed by atoms with Crippen molar-refractivity contribution < 1.29 is 64.6 Å². The first kappa shape index (κ1) is 61.5. The standard InChI is InChI=1S/C54H93NO13/c1-3-5-7-9-11-13-14-15-16-17-18-19-20-21-22-23-24-25-26-27-28-30-32-34-36-38-46(59)55-42(43(58)37-35-33-31-29-12-10-8-6-4-2)41-65-53-51(64)49(62)52(45(40-57)67-53)68-54-50(63)48(61)47(60)44(39-56)66-54/h4,6,12,14-15,17-18,20-21,29,35,37,42-45,47-54,56-58,60-64H,3,5,7-11,13,16,19,22-28,30-34,36,38-41H2,1-2H3,(H,55,59)/b6-4+,15-14-,18-17-,21-20-,29-12+,37-35+. The summed E-state index contributed by atoms with van der Waals surface area (Å²) < 4.78 is 22.6. The van der Waals surface area contributed by atoms with Gasteiger partial charge in [-0.25, -0.2) is 0 Å². The Morgan fingerprint density at radius 3 is 1.62 bits per heavy atom. The van der Waals surface area contributed by atoms with Gasteiger partial charge in [-0.1, -0.05) is 157 Å². The van der Waals surface area contributed by atoms with Gasteiger partial charge in [-0.05, 0) is 77.6 Å². The quantitative estimate of drug-likeness (QED) is 0.0220. The van der Waals surface area contributed by atoms with Crippen molar-refractivity contribution in [2.75, 3.05) is 19.8 Å². The summed E-state index contributed by atoms with van der Waals surface area (Å²) in [7, 11) is 0. The molecule has 2 aliphatic rings. The smallest absolute Gasteiger partial charge is 0.220 e. The summed E-state index contributed by atoms with van der Waals surface area (Å²) >= 11 is 0. The molecule has 2 rings (SSSR count). The monoisotopic (exact) mass is 964 g/mol. The Morgan fingerprint density at radius 2 is 1.04 bits per heavy atom. The second-order valence-corrected chi connectivity index (χ2v) is 18.3. The lowest BCUT2D eigenvalue weighted by molar-refractivity contribution is -0.359. The Labute approximate surface area is 408 Å². The molecule has 0 spiro atoms. The predicted octanol–water partition coefficient (Wildman–Crippen LogP) is 7.21. The van der Waals surface area contributed by atoms with Crippen LogP contribution in [0.2, 0.25) is 0 Å². The number of unbranched alkanes of at least 4 members (excludes halogenated alkanes) is 17. The Morgan fingerprint density at radius 1 is 0.559 bits per heavy atom. The minimum absolute atomic E-state index is 0.261. The predicted molar refractivity (Wildman–Crippen MR) is 267 cm³/mol. The lowest BCUT2D eigenvalue weighted by atomic mass is 9.97. The van der Waals surface area contributed by atoms with E-state index in [9.17, 15) is 45.6 Å². The zero-order valence-electron chi connectivity index (χ0n) is 41.6. The third kappa shape index (κ3) is 26.6. The number of rotatable bonds is 39. The van der Waals surface area contributed by atoms with E-state index in [1.54, 1.807) is 6.08 Å². The highest BCUT2D eigenvalue weighted by atomic mass is 16.7. The first-order valence-corrected chi connectivity index (χ1v) is 26.1. The van der Waals surface area contributed by atoms with E-state index in [0.717, 1.165) is 57.8 Å². The highest BCUT2D eigenvalue weighted by Crippen LogP contribution is 2.30. The molecular formula is C54H93NO13. The molecule has 68 heavy (non-hydrogen) atoms. The van der Waals surface area contributed by atoms with Crippen molar-refractivity contribution in [3.05, 3.63) is 72.9 Å². The van der Waals surface area contributed by atoms with Gasteiger partial charge in [-0.15, -0.1) is 0 Å². The minimum atomic E-state index is -1.79. The maximum Gasteiger partial charge on any atom is 0.220 e. The number of carbonyl (C=O) groups is 1. The summed E-state index contributed by atoms with van der Waals surface area (Å²) in [6.07, 6.45) is 34.1. The van der Waals surface area contributed by atoms with Crippen molar-refractivity contribution in [2.45, 2.75) is 242 Å². The fourth-order valence-corrected chi connectivity index (χ4v) is 8.16. The molecule has 0 bridgehead atoms. The van der Waals surface area contributed by atoms with Crippen LogP contribution in [0.4, 0.5) is 0 Å². The first-order chi connectivity index (χ1) is 33.1. The van der Waals surface area contributed by atoms with Crippen molar-refractivity contribution >= 4 is 5.91 Å². The van der Waals surface area contributed by atoms with Crippen LogP contribution in [0.25, 0.3) is 0 Å². The molecule has 0 aromatic carbocycles. The van der Waals surface area contributed by atoms with Crippen molar-refractivity contribution in [1.29, 1.82) is 0 Å². The number of ether oxygens (including phenoxy) is 4. The lowest BCUT2D eigenvalue weighted by Crippen LogP contribution is -2.65. The van der Waals surface area contributed by atoms with Crippen LogP contribution < -0.4 is 5.32 Å². The van der Waals surface area contributed by atoms with Crippen LogP contribution in [-0.2, 0) is 23.7 Å². The number of aliphatic hydroxyl groups excluding tert-OH is 8. The molecule has 1 amide bonds. The number of hydrogen-bond acceptors (Lipinski definition) is 13. The largest absolute Gasteiger partial charge is 0.394 e. The third-order valence-electron chi connectivity index (χ3n) is 12.4. The van der Waals surface area contributed by atoms with Crippen LogP contribution in [0.5, 0.6) is 0 Å². The summed E-state index contributed by atoms with van der Waals surface area (Å²) in [5, 5.41) is 86.5. The van der Waals surface area contributed by atoms with Crippen LogP contribution in [0.3, 0.4) is 0 Å². The van der Waals surface area contributed by atoms with Crippen LogP contribution in [0, 0.1) is 0 Å². The highest BCUT2D eigenvalue weighted by molar-refractivity contribution is 5.76. The Balaban J connectivity index is 1.74. The average Bonchev–Trinajstić information content (AvgIpc) is 3.34. The number of hydrogen-bond donors (Lipinski definition) is 9. The molecule has 392 valence electrons. The number of amides is 1. The molecule has 0 aromatic rings. The maximum absolute atomic E-state index is 13.1. The molecule has 0 aromatic heterocycles. The molecule has 2 heterocycles. The van der Waals surface area contributed by atoms with Gasteiger partial charge in [-0.2, -0.15) is 0 Å². The summed E-state index contributed by atoms with van der Waals surface area (Å²) in [6, 6.07) is -0.941. The van der Waals surface area contributed by atoms with Gasteiger partial charge < -0.3 is 65.1 Å². The zero-order chi connectivity index (χ0) is 49.6. The molecule has 2 saturated heterocycles. The van der Waals surface area contributed by atoms with E-state index in [0.29, 0.717) is 12.8 Å². The summed E-state index contributed by atoms with van der Waals surface area (Å²) in [5.41, 5.74) is 0. The molecule has 12 atom stereocenters. The van der Waals surface area contributed by atoms with E-state index >= 15 is 0 Å². The number of aliphatic hydroxyl groups is 8. The van der Waals surface area contributed by atoms with E-state index in [1.165, 1.54) is 77.0 Å². The molecule has 12 unspecified atom stereocenters. The second kappa shape index (κ2) is 40.1. The number of carbonyl (C=O) groups excluding carboxylic acids is 1. The summed E-state index contributed by atoms with van der Waals surface area (Å²) in [4.78, 5) is 13.1. The topological polar surface area (TPSA) is 228 Å². The third-order valence-corrected chi connectivity index (χ3v) is 12.4. The van der Waals surface area contributed by atoms with Crippen molar-refractivity contribution in [1.82, 2.24) is 5.32 Å². The zero-order valence-corrected chi connectivity index (χ0v) is 41.6. The normalized spacial score (nSPS) is 27.0. The first-order valence-electron chi connectivity index (χ1n) is 26.1. The van der Waals surface area contributed by atoms with Crippen LogP contribution >= 0.6 is 0 Å². The Bertz CT molecular complexity index is 1420. The van der Waals surface area contributed by atoms with Crippen molar-refractivity contribution in [3.8, 4) is 0 Å². The average molecular weight is 964 g/mol. The van der Waals surface area contributed by atoms with Crippen LogP contribution in [0.1, 0.15) is 168 Å². The molecule has 0 radical (unpaired) electrons. The number of nitrogens with one attached hydrogen (secondary N) is 1. The van der Waals surface area contributed by atoms with Gasteiger partial charge >= 0.3 is 0 Å². The minimum Gasteiger partial charge on any atom is -0.394 e. The van der Waals surface area contributed by atoms with E-state index in [1.807, 2.05) is 19.1 Å². The van der Waals surface area contributed by atoms with Gasteiger partial charge in [0.1, 0.15) is 48.8 Å². The molecule has 9 N–H and O–H groups in total. The van der Waals surface area contributed by atoms with E-state index in [2.05, 4.69) is 66.9 Å². The molecule has 2 aliphatic heterocycles. The van der Waals surface area contributed by atoms with E-state index in [-0.39, 0.29) is 18.9 Å². The molecule has 14 heteroatoms. The van der Waals surface area contributed by atoms with Gasteiger partial charge in [0.15, 0.2) is 12.6 Å². The van der Waals surface area contributed by atoms with Gasteiger partial charge in [0.2, 0.25) is 5.91 Å². The van der Waals surface area contributed by atoms with E-state index < -0.39 is 86.8 Å². The van der Waals surface area contributed by atoms with Crippen molar-refractivity contribution in [2.24, 2.45) is 0 Å².